The second kappa shape index (κ2) is 10.6. The normalized spacial score (nSPS) is 15.6. The molecule has 178 valence electrons. The van der Waals surface area contributed by atoms with E-state index >= 15 is 0 Å². The van der Waals surface area contributed by atoms with Crippen molar-refractivity contribution in [1.29, 1.82) is 0 Å². The number of allylic oxidation sites excluding steroid dienone is 1. The summed E-state index contributed by atoms with van der Waals surface area (Å²) in [6.07, 6.45) is 5.11. The van der Waals surface area contributed by atoms with Crippen LogP contribution in [0.3, 0.4) is 0 Å². The third-order valence-electron chi connectivity index (χ3n) is 6.61. The number of aryl methyl sites for hydroxylation is 1. The fraction of sp³-hybridized carbons (Fsp3) is 0.267. The van der Waals surface area contributed by atoms with Crippen molar-refractivity contribution in [2.24, 2.45) is 0 Å². The molecule has 1 saturated heterocycles. The van der Waals surface area contributed by atoms with Crippen LogP contribution in [0, 0.1) is 0 Å². The van der Waals surface area contributed by atoms with E-state index in [0.29, 0.717) is 19.6 Å². The van der Waals surface area contributed by atoms with Gasteiger partial charge in [0.2, 0.25) is 5.91 Å². The number of rotatable bonds is 10. The molecule has 1 amide bonds. The number of carbonyl (C=O) groups is 1. The molecule has 5 rings (SSSR count). The lowest BCUT2D eigenvalue weighted by atomic mass is 10.1. The maximum atomic E-state index is 12.9. The molecule has 1 atom stereocenters. The van der Waals surface area contributed by atoms with Crippen molar-refractivity contribution < 1.29 is 9.53 Å². The maximum Gasteiger partial charge on any atom is 0.227 e. The van der Waals surface area contributed by atoms with Gasteiger partial charge in [0.1, 0.15) is 11.6 Å². The van der Waals surface area contributed by atoms with Gasteiger partial charge in [0.05, 0.1) is 17.6 Å². The number of benzene rings is 3. The minimum absolute atomic E-state index is 0.0807. The minimum Gasteiger partial charge on any atom is -0.493 e. The molecule has 1 aliphatic rings. The van der Waals surface area contributed by atoms with Gasteiger partial charge in [0, 0.05) is 31.1 Å². The smallest absolute Gasteiger partial charge is 0.227 e. The van der Waals surface area contributed by atoms with Crippen LogP contribution in [0.15, 0.2) is 91.5 Å². The molecule has 0 N–H and O–H groups in total. The number of hydrogen-bond acceptors (Lipinski definition) is 3. The summed E-state index contributed by atoms with van der Waals surface area (Å²) in [6, 6.07) is 26.3. The number of amides is 1. The third kappa shape index (κ3) is 4.99. The van der Waals surface area contributed by atoms with Crippen LogP contribution in [0.5, 0.6) is 5.75 Å². The highest BCUT2D eigenvalue weighted by Crippen LogP contribution is 2.33. The Bertz CT molecular complexity index is 1310. The standard InChI is InChI=1S/C30H31N3O2/c1-2-12-23-13-6-9-18-28(23)35-20-11-10-19-32-27-17-8-7-16-26(27)31-30(32)24-21-29(34)33(22-24)25-14-4-3-5-15-25/h2-9,13-18,24H,1,10-12,19-22H2. The molecule has 0 aliphatic carbocycles. The largest absolute Gasteiger partial charge is 0.493 e. The first-order valence-electron chi connectivity index (χ1n) is 12.4. The van der Waals surface area contributed by atoms with Crippen molar-refractivity contribution in [1.82, 2.24) is 9.55 Å². The number of imidazole rings is 1. The van der Waals surface area contributed by atoms with E-state index in [2.05, 4.69) is 35.4 Å². The molecule has 1 aliphatic heterocycles. The van der Waals surface area contributed by atoms with Gasteiger partial charge in [-0.25, -0.2) is 4.98 Å². The number of nitrogens with zero attached hydrogens (tertiary/aromatic N) is 3. The van der Waals surface area contributed by atoms with Gasteiger partial charge in [-0.05, 0) is 55.2 Å². The van der Waals surface area contributed by atoms with Crippen molar-refractivity contribution >= 4 is 22.6 Å². The van der Waals surface area contributed by atoms with Gasteiger partial charge in [0.15, 0.2) is 0 Å². The topological polar surface area (TPSA) is 47.4 Å². The Labute approximate surface area is 206 Å². The quantitative estimate of drug-likeness (QED) is 0.209. The molecule has 1 unspecified atom stereocenters. The molecule has 0 radical (unpaired) electrons. The molecule has 35 heavy (non-hydrogen) atoms. The van der Waals surface area contributed by atoms with Crippen LogP contribution >= 0.6 is 0 Å². The Morgan fingerprint density at radius 3 is 2.60 bits per heavy atom. The van der Waals surface area contributed by atoms with Gasteiger partial charge in [0.25, 0.3) is 0 Å². The Morgan fingerprint density at radius 1 is 0.971 bits per heavy atom. The van der Waals surface area contributed by atoms with Crippen LogP contribution in [0.1, 0.15) is 36.6 Å². The highest BCUT2D eigenvalue weighted by molar-refractivity contribution is 5.96. The van der Waals surface area contributed by atoms with Gasteiger partial charge in [-0.1, -0.05) is 54.6 Å². The molecule has 0 spiro atoms. The number of ether oxygens (including phenoxy) is 1. The van der Waals surface area contributed by atoms with E-state index in [0.717, 1.165) is 54.1 Å². The van der Waals surface area contributed by atoms with Crippen molar-refractivity contribution in [3.05, 3.63) is 103 Å². The van der Waals surface area contributed by atoms with Crippen molar-refractivity contribution in [2.75, 3.05) is 18.1 Å². The van der Waals surface area contributed by atoms with E-state index in [9.17, 15) is 4.79 Å². The number of para-hydroxylation sites is 4. The lowest BCUT2D eigenvalue weighted by molar-refractivity contribution is -0.117. The number of fused-ring (bicyclic) bond motifs is 1. The first-order chi connectivity index (χ1) is 17.2. The maximum absolute atomic E-state index is 12.9. The Morgan fingerprint density at radius 2 is 1.74 bits per heavy atom. The second-order valence-corrected chi connectivity index (χ2v) is 9.01. The zero-order chi connectivity index (χ0) is 24.0. The summed E-state index contributed by atoms with van der Waals surface area (Å²) >= 11 is 0. The van der Waals surface area contributed by atoms with E-state index < -0.39 is 0 Å². The van der Waals surface area contributed by atoms with Gasteiger partial charge >= 0.3 is 0 Å². The Hall–Kier alpha value is -3.86. The van der Waals surface area contributed by atoms with Crippen molar-refractivity contribution in [2.45, 2.75) is 38.1 Å². The zero-order valence-electron chi connectivity index (χ0n) is 20.0. The predicted octanol–water partition coefficient (Wildman–Crippen LogP) is 6.14. The van der Waals surface area contributed by atoms with Gasteiger partial charge < -0.3 is 14.2 Å². The van der Waals surface area contributed by atoms with E-state index in [-0.39, 0.29) is 11.8 Å². The minimum atomic E-state index is 0.0807. The predicted molar refractivity (Wildman–Crippen MR) is 141 cm³/mol. The molecule has 1 aromatic heterocycles. The van der Waals surface area contributed by atoms with Gasteiger partial charge in [-0.2, -0.15) is 0 Å². The molecule has 0 bridgehead atoms. The summed E-state index contributed by atoms with van der Waals surface area (Å²) in [5, 5.41) is 0. The average molecular weight is 466 g/mol. The van der Waals surface area contributed by atoms with Crippen molar-refractivity contribution in [3.63, 3.8) is 0 Å². The van der Waals surface area contributed by atoms with Crippen LogP contribution in [-0.4, -0.2) is 28.6 Å². The molecule has 3 aromatic carbocycles. The summed E-state index contributed by atoms with van der Waals surface area (Å²) in [4.78, 5) is 19.7. The first-order valence-corrected chi connectivity index (χ1v) is 12.4. The zero-order valence-corrected chi connectivity index (χ0v) is 20.0. The summed E-state index contributed by atoms with van der Waals surface area (Å²) < 4.78 is 8.39. The van der Waals surface area contributed by atoms with Crippen LogP contribution in [-0.2, 0) is 17.8 Å². The summed E-state index contributed by atoms with van der Waals surface area (Å²) in [6.45, 7) is 6.02. The summed E-state index contributed by atoms with van der Waals surface area (Å²) in [5.74, 6) is 2.19. The van der Waals surface area contributed by atoms with E-state index in [1.165, 1.54) is 5.56 Å². The van der Waals surface area contributed by atoms with E-state index in [1.54, 1.807) is 0 Å². The van der Waals surface area contributed by atoms with Crippen LogP contribution in [0.2, 0.25) is 0 Å². The molecule has 5 heteroatoms. The lowest BCUT2D eigenvalue weighted by Gasteiger charge is -2.17. The number of anilines is 1. The van der Waals surface area contributed by atoms with Crippen LogP contribution < -0.4 is 9.64 Å². The molecule has 4 aromatic rings. The third-order valence-corrected chi connectivity index (χ3v) is 6.61. The van der Waals surface area contributed by atoms with Crippen LogP contribution in [0.25, 0.3) is 11.0 Å². The Kier molecular flexibility index (Phi) is 6.94. The SMILES string of the molecule is C=CCc1ccccc1OCCCCn1c(C2CC(=O)N(c3ccccc3)C2)nc2ccccc21. The molecule has 5 nitrogen and oxygen atoms in total. The second-order valence-electron chi connectivity index (χ2n) is 9.01. The highest BCUT2D eigenvalue weighted by Gasteiger charge is 2.34. The number of carbonyl (C=O) groups excluding carboxylic acids is 1. The molecule has 2 heterocycles. The Balaban J connectivity index is 1.27. The van der Waals surface area contributed by atoms with E-state index in [4.69, 9.17) is 9.72 Å². The first kappa shape index (κ1) is 22.9. The highest BCUT2D eigenvalue weighted by atomic mass is 16.5. The fourth-order valence-corrected chi connectivity index (χ4v) is 4.90. The number of hydrogen-bond donors (Lipinski definition) is 0. The summed E-state index contributed by atoms with van der Waals surface area (Å²) in [5.41, 5.74) is 4.24. The number of unbranched alkanes of at least 4 members (excludes halogenated alkanes) is 1. The monoisotopic (exact) mass is 465 g/mol. The molecule has 0 saturated carbocycles. The van der Waals surface area contributed by atoms with Crippen LogP contribution in [0.4, 0.5) is 5.69 Å². The van der Waals surface area contributed by atoms with Gasteiger partial charge in [-0.15, -0.1) is 6.58 Å². The molecule has 1 fully saturated rings. The molecular weight excluding hydrogens is 434 g/mol. The van der Waals surface area contributed by atoms with Crippen molar-refractivity contribution in [3.8, 4) is 5.75 Å². The fourth-order valence-electron chi connectivity index (χ4n) is 4.90. The molecular formula is C30H31N3O2. The lowest BCUT2D eigenvalue weighted by Crippen LogP contribution is -2.24. The summed E-state index contributed by atoms with van der Waals surface area (Å²) in [7, 11) is 0. The van der Waals surface area contributed by atoms with E-state index in [1.807, 2.05) is 65.6 Å². The van der Waals surface area contributed by atoms with Gasteiger partial charge in [-0.3, -0.25) is 4.79 Å². The number of aromatic nitrogens is 2. The average Bonchev–Trinajstić information content (AvgIpc) is 3.46.